The van der Waals surface area contributed by atoms with Crippen molar-refractivity contribution in [3.8, 4) is 0 Å². The lowest BCUT2D eigenvalue weighted by Gasteiger charge is -2.04. The maximum atomic E-state index is 12.0. The number of carbonyl (C=O) groups is 1. The third kappa shape index (κ3) is 2.43. The predicted molar refractivity (Wildman–Crippen MR) is 76.1 cm³/mol. The van der Waals surface area contributed by atoms with E-state index < -0.39 is 0 Å². The molecule has 2 heterocycles. The van der Waals surface area contributed by atoms with Gasteiger partial charge in [0.25, 0.3) is 5.91 Å². The monoisotopic (exact) mass is 307 g/mol. The summed E-state index contributed by atoms with van der Waals surface area (Å²) in [5.41, 5.74) is 1.30. The SMILES string of the molecule is O=C(Nc1nc(Cl)c2[nH]cnc2n1)c1cccc(Cl)c1. The van der Waals surface area contributed by atoms with Gasteiger partial charge in [-0.3, -0.25) is 10.1 Å². The Morgan fingerprint density at radius 1 is 1.25 bits per heavy atom. The fourth-order valence-corrected chi connectivity index (χ4v) is 2.07. The Morgan fingerprint density at radius 2 is 2.10 bits per heavy atom. The minimum absolute atomic E-state index is 0.0829. The van der Waals surface area contributed by atoms with Gasteiger partial charge in [-0.15, -0.1) is 0 Å². The molecule has 0 unspecified atom stereocenters. The largest absolute Gasteiger partial charge is 0.341 e. The predicted octanol–water partition coefficient (Wildman–Crippen LogP) is 2.91. The molecular formula is C12H7Cl2N5O. The Balaban J connectivity index is 1.91. The Hall–Kier alpha value is -2.18. The standard InChI is InChI=1S/C12H7Cl2N5O/c13-7-3-1-2-6(4-7)11(20)19-12-17-9(14)8-10(18-12)16-5-15-8/h1-5H,(H2,15,16,17,18,19,20). The van der Waals surface area contributed by atoms with Crippen LogP contribution in [0.5, 0.6) is 0 Å². The Bertz CT molecular complexity index is 801. The van der Waals surface area contributed by atoms with Gasteiger partial charge < -0.3 is 4.98 Å². The van der Waals surface area contributed by atoms with Crippen molar-refractivity contribution in [1.82, 2.24) is 19.9 Å². The second-order valence-electron chi connectivity index (χ2n) is 3.90. The third-order valence-corrected chi connectivity index (χ3v) is 3.06. The number of aromatic amines is 1. The number of amides is 1. The van der Waals surface area contributed by atoms with Crippen LogP contribution in [-0.4, -0.2) is 25.8 Å². The summed E-state index contributed by atoms with van der Waals surface area (Å²) in [6, 6.07) is 6.55. The summed E-state index contributed by atoms with van der Waals surface area (Å²) in [4.78, 5) is 26.9. The fraction of sp³-hybridized carbons (Fsp3) is 0. The maximum absolute atomic E-state index is 12.0. The quantitative estimate of drug-likeness (QED) is 0.713. The second kappa shape index (κ2) is 5.07. The lowest BCUT2D eigenvalue weighted by Crippen LogP contribution is -2.14. The van der Waals surface area contributed by atoms with Crippen molar-refractivity contribution in [1.29, 1.82) is 0 Å². The number of fused-ring (bicyclic) bond motifs is 1. The van der Waals surface area contributed by atoms with E-state index in [4.69, 9.17) is 23.2 Å². The number of halogens is 2. The highest BCUT2D eigenvalue weighted by molar-refractivity contribution is 6.33. The topological polar surface area (TPSA) is 83.6 Å². The number of hydrogen-bond acceptors (Lipinski definition) is 4. The number of rotatable bonds is 2. The highest BCUT2D eigenvalue weighted by Crippen LogP contribution is 2.19. The van der Waals surface area contributed by atoms with Crippen LogP contribution in [0, 0.1) is 0 Å². The highest BCUT2D eigenvalue weighted by Gasteiger charge is 2.12. The molecule has 0 fully saturated rings. The van der Waals surface area contributed by atoms with Crippen molar-refractivity contribution in [3.05, 3.63) is 46.3 Å². The molecule has 0 radical (unpaired) electrons. The van der Waals surface area contributed by atoms with Gasteiger partial charge >= 0.3 is 0 Å². The summed E-state index contributed by atoms with van der Waals surface area (Å²) in [6.45, 7) is 0. The molecule has 0 saturated carbocycles. The smallest absolute Gasteiger partial charge is 0.258 e. The van der Waals surface area contributed by atoms with Gasteiger partial charge in [-0.05, 0) is 18.2 Å². The zero-order valence-electron chi connectivity index (χ0n) is 9.89. The van der Waals surface area contributed by atoms with Crippen LogP contribution in [0.2, 0.25) is 10.2 Å². The fourth-order valence-electron chi connectivity index (χ4n) is 1.66. The molecule has 0 spiro atoms. The molecule has 0 atom stereocenters. The first-order chi connectivity index (χ1) is 9.63. The zero-order valence-corrected chi connectivity index (χ0v) is 11.4. The molecular weight excluding hydrogens is 301 g/mol. The van der Waals surface area contributed by atoms with E-state index in [9.17, 15) is 4.79 Å². The number of imidazole rings is 1. The van der Waals surface area contributed by atoms with E-state index >= 15 is 0 Å². The summed E-state index contributed by atoms with van der Waals surface area (Å²) in [5, 5.41) is 3.21. The number of aromatic nitrogens is 4. The summed E-state index contributed by atoms with van der Waals surface area (Å²) in [7, 11) is 0. The van der Waals surface area contributed by atoms with Crippen molar-refractivity contribution < 1.29 is 4.79 Å². The molecule has 0 aliphatic rings. The normalized spacial score (nSPS) is 10.7. The molecule has 0 aliphatic heterocycles. The Labute approximate surface area is 123 Å². The third-order valence-electron chi connectivity index (χ3n) is 2.55. The van der Waals surface area contributed by atoms with Crippen molar-refractivity contribution >= 4 is 46.2 Å². The number of anilines is 1. The van der Waals surface area contributed by atoms with Crippen molar-refractivity contribution in [2.45, 2.75) is 0 Å². The number of H-pyrrole nitrogens is 1. The molecule has 6 nitrogen and oxygen atoms in total. The molecule has 0 aliphatic carbocycles. The summed E-state index contributed by atoms with van der Waals surface area (Å²) in [5.74, 6) is -0.293. The van der Waals surface area contributed by atoms with Crippen LogP contribution in [0.15, 0.2) is 30.6 Å². The average Bonchev–Trinajstić information content (AvgIpc) is 2.87. The Kier molecular flexibility index (Phi) is 3.25. The summed E-state index contributed by atoms with van der Waals surface area (Å²) < 4.78 is 0. The van der Waals surface area contributed by atoms with Crippen molar-refractivity contribution in [3.63, 3.8) is 0 Å². The molecule has 20 heavy (non-hydrogen) atoms. The van der Waals surface area contributed by atoms with Crippen LogP contribution < -0.4 is 5.32 Å². The lowest BCUT2D eigenvalue weighted by atomic mass is 10.2. The van der Waals surface area contributed by atoms with Crippen molar-refractivity contribution in [2.24, 2.45) is 0 Å². The average molecular weight is 308 g/mol. The number of hydrogen-bond donors (Lipinski definition) is 2. The van der Waals surface area contributed by atoms with Gasteiger partial charge in [0.05, 0.1) is 6.33 Å². The molecule has 1 aromatic carbocycles. The van der Waals surface area contributed by atoms with Gasteiger partial charge in [-0.2, -0.15) is 9.97 Å². The van der Waals surface area contributed by atoms with E-state index in [1.807, 2.05) is 0 Å². The highest BCUT2D eigenvalue weighted by atomic mass is 35.5. The number of nitrogens with zero attached hydrogens (tertiary/aromatic N) is 3. The van der Waals surface area contributed by atoms with Crippen LogP contribution in [0.4, 0.5) is 5.95 Å². The summed E-state index contributed by atoms with van der Waals surface area (Å²) in [6.07, 6.45) is 1.45. The Morgan fingerprint density at radius 3 is 2.90 bits per heavy atom. The maximum Gasteiger partial charge on any atom is 0.258 e. The molecule has 2 N–H and O–H groups in total. The first kappa shape index (κ1) is 12.8. The molecule has 100 valence electrons. The molecule has 0 bridgehead atoms. The second-order valence-corrected chi connectivity index (χ2v) is 4.70. The van der Waals surface area contributed by atoms with Gasteiger partial charge in [0.15, 0.2) is 10.8 Å². The zero-order chi connectivity index (χ0) is 14.1. The number of nitrogens with one attached hydrogen (secondary N) is 2. The van der Waals surface area contributed by atoms with E-state index in [-0.39, 0.29) is 17.0 Å². The van der Waals surface area contributed by atoms with Crippen LogP contribution in [0.25, 0.3) is 11.2 Å². The first-order valence-electron chi connectivity index (χ1n) is 5.57. The molecule has 2 aromatic heterocycles. The van der Waals surface area contributed by atoms with Gasteiger partial charge in [0.1, 0.15) is 5.52 Å². The van der Waals surface area contributed by atoms with Crippen LogP contribution >= 0.6 is 23.2 Å². The van der Waals surface area contributed by atoms with Gasteiger partial charge in [0, 0.05) is 10.6 Å². The van der Waals surface area contributed by atoms with E-state index in [0.29, 0.717) is 21.7 Å². The number of carbonyl (C=O) groups excluding carboxylic acids is 1. The molecule has 3 aromatic rings. The van der Waals surface area contributed by atoms with Crippen LogP contribution in [0.1, 0.15) is 10.4 Å². The van der Waals surface area contributed by atoms with Gasteiger partial charge in [0.2, 0.25) is 5.95 Å². The van der Waals surface area contributed by atoms with Crippen LogP contribution in [0.3, 0.4) is 0 Å². The first-order valence-corrected chi connectivity index (χ1v) is 6.32. The lowest BCUT2D eigenvalue weighted by molar-refractivity contribution is 0.102. The van der Waals surface area contributed by atoms with E-state index in [0.717, 1.165) is 0 Å². The van der Waals surface area contributed by atoms with E-state index in [1.165, 1.54) is 6.33 Å². The van der Waals surface area contributed by atoms with Crippen LogP contribution in [-0.2, 0) is 0 Å². The minimum Gasteiger partial charge on any atom is -0.341 e. The van der Waals surface area contributed by atoms with E-state index in [2.05, 4.69) is 25.3 Å². The molecule has 8 heteroatoms. The van der Waals surface area contributed by atoms with Gasteiger partial charge in [-0.1, -0.05) is 29.3 Å². The molecule has 3 rings (SSSR count). The summed E-state index contributed by atoms with van der Waals surface area (Å²) >= 11 is 11.8. The number of benzene rings is 1. The van der Waals surface area contributed by atoms with Crippen molar-refractivity contribution in [2.75, 3.05) is 5.32 Å². The van der Waals surface area contributed by atoms with E-state index in [1.54, 1.807) is 24.3 Å². The minimum atomic E-state index is -0.376. The van der Waals surface area contributed by atoms with Gasteiger partial charge in [-0.25, -0.2) is 4.98 Å². The molecule has 0 saturated heterocycles. The molecule has 1 amide bonds.